The van der Waals surface area contributed by atoms with Gasteiger partial charge in [0.05, 0.1) is 44.7 Å². The maximum atomic E-state index is 12.3. The molecule has 316 valence electrons. The first-order chi connectivity index (χ1) is 26.3. The third-order valence-corrected chi connectivity index (χ3v) is 17.4. The van der Waals surface area contributed by atoms with Crippen LogP contribution >= 0.6 is 0 Å². The second-order valence-electron chi connectivity index (χ2n) is 20.6. The molecule has 1 aliphatic heterocycles. The lowest BCUT2D eigenvalue weighted by Crippen LogP contribution is -2.60. The molecule has 2 N–H and O–H groups in total. The van der Waals surface area contributed by atoms with Crippen LogP contribution in [0.1, 0.15) is 119 Å². The van der Waals surface area contributed by atoms with Crippen molar-refractivity contribution in [3.8, 4) is 11.5 Å². The highest BCUT2D eigenvalue weighted by molar-refractivity contribution is 5.66. The van der Waals surface area contributed by atoms with Gasteiger partial charge in [-0.2, -0.15) is 0 Å². The van der Waals surface area contributed by atoms with Crippen molar-refractivity contribution in [2.75, 3.05) is 41.0 Å². The van der Waals surface area contributed by atoms with Crippen molar-refractivity contribution in [3.05, 3.63) is 23.8 Å². The average Bonchev–Trinajstić information content (AvgIpc) is 3.76. The molecule has 2 spiro atoms. The number of ether oxygens (including phenoxy) is 6. The van der Waals surface area contributed by atoms with Crippen molar-refractivity contribution in [1.82, 2.24) is 4.90 Å². The fraction of sp³-hybridized carbons (Fsp3) is 0.848. The summed E-state index contributed by atoms with van der Waals surface area (Å²) in [7, 11) is 5.03. The molecule has 10 heteroatoms. The normalized spacial score (nSPS) is 40.6. The molecule has 5 saturated carbocycles. The molecule has 7 rings (SSSR count). The number of methoxy groups -OCH3 is 3. The summed E-state index contributed by atoms with van der Waals surface area (Å²) in [6.45, 7) is 19.9. The van der Waals surface area contributed by atoms with Crippen molar-refractivity contribution < 1.29 is 43.4 Å². The van der Waals surface area contributed by atoms with Gasteiger partial charge < -0.3 is 38.6 Å². The molecule has 0 radical (unpaired) electrons. The van der Waals surface area contributed by atoms with Gasteiger partial charge in [-0.3, -0.25) is 9.69 Å². The van der Waals surface area contributed by atoms with Crippen LogP contribution in [0.15, 0.2) is 18.2 Å². The molecule has 6 aliphatic rings. The Labute approximate surface area is 336 Å². The maximum absolute atomic E-state index is 12.3. The van der Waals surface area contributed by atoms with E-state index in [1.165, 1.54) is 32.6 Å². The number of nitrogens with zero attached hydrogens (tertiary/aromatic N) is 1. The Morgan fingerprint density at radius 3 is 2.39 bits per heavy atom. The van der Waals surface area contributed by atoms with Gasteiger partial charge in [0.15, 0.2) is 12.4 Å². The molecule has 10 nitrogen and oxygen atoms in total. The minimum atomic E-state index is -1.25. The Balaban J connectivity index is 1.04. The first-order valence-corrected chi connectivity index (χ1v) is 21.6. The van der Waals surface area contributed by atoms with Crippen LogP contribution in [0.25, 0.3) is 0 Å². The Kier molecular flexibility index (Phi) is 11.3. The Morgan fingerprint density at radius 1 is 1.02 bits per heavy atom. The van der Waals surface area contributed by atoms with Gasteiger partial charge in [0.25, 0.3) is 0 Å². The van der Waals surface area contributed by atoms with E-state index in [-0.39, 0.29) is 46.1 Å². The van der Waals surface area contributed by atoms with E-state index in [1.54, 1.807) is 35.2 Å². The van der Waals surface area contributed by atoms with Crippen molar-refractivity contribution >= 4 is 5.97 Å². The first kappa shape index (κ1) is 42.2. The zero-order valence-electron chi connectivity index (χ0n) is 36.3. The quantitative estimate of drug-likeness (QED) is 0.196. The zero-order valence-corrected chi connectivity index (χ0v) is 36.3. The number of aliphatic hydroxyl groups is 2. The predicted molar refractivity (Wildman–Crippen MR) is 214 cm³/mol. The van der Waals surface area contributed by atoms with Gasteiger partial charge in [-0.05, 0) is 123 Å². The molecule has 0 bridgehead atoms. The second-order valence-corrected chi connectivity index (χ2v) is 20.6. The lowest BCUT2D eigenvalue weighted by molar-refractivity contribution is -0.249. The number of fused-ring (bicyclic) bond motifs is 2. The second kappa shape index (κ2) is 14.9. The number of benzene rings is 1. The number of carbonyl (C=O) groups is 1. The summed E-state index contributed by atoms with van der Waals surface area (Å²) in [6, 6.07) is 6.03. The minimum Gasteiger partial charge on any atom is -0.497 e. The van der Waals surface area contributed by atoms with E-state index >= 15 is 0 Å². The molecular formula is C46H73NO9. The molecule has 5 aliphatic carbocycles. The van der Waals surface area contributed by atoms with Gasteiger partial charge in [-0.15, -0.1) is 0 Å². The van der Waals surface area contributed by atoms with Gasteiger partial charge in [0, 0.05) is 50.7 Å². The summed E-state index contributed by atoms with van der Waals surface area (Å²) < 4.78 is 36.0. The maximum Gasteiger partial charge on any atom is 0.303 e. The number of esters is 1. The van der Waals surface area contributed by atoms with E-state index in [0.29, 0.717) is 36.2 Å². The fourth-order valence-electron chi connectivity index (χ4n) is 14.5. The van der Waals surface area contributed by atoms with E-state index < -0.39 is 23.8 Å². The van der Waals surface area contributed by atoms with Crippen LogP contribution in [0.5, 0.6) is 11.5 Å². The molecule has 1 saturated heterocycles. The van der Waals surface area contributed by atoms with E-state index in [1.807, 2.05) is 12.1 Å². The van der Waals surface area contributed by atoms with E-state index in [0.717, 1.165) is 62.4 Å². The number of hydrogen-bond donors (Lipinski definition) is 2. The minimum absolute atomic E-state index is 0.0126. The third kappa shape index (κ3) is 6.63. The Hall–Kier alpha value is -1.95. The van der Waals surface area contributed by atoms with Crippen LogP contribution in [0, 0.1) is 50.7 Å². The topological polar surface area (TPSA) is 116 Å². The molecule has 56 heavy (non-hydrogen) atoms. The Morgan fingerprint density at radius 2 is 1.73 bits per heavy atom. The van der Waals surface area contributed by atoms with Crippen molar-refractivity contribution in [3.63, 3.8) is 0 Å². The van der Waals surface area contributed by atoms with Crippen LogP contribution in [-0.2, 0) is 30.3 Å². The summed E-state index contributed by atoms with van der Waals surface area (Å²) in [6.07, 6.45) is 7.89. The summed E-state index contributed by atoms with van der Waals surface area (Å²) >= 11 is 0. The molecular weight excluding hydrogens is 711 g/mol. The van der Waals surface area contributed by atoms with Crippen LogP contribution in [0.4, 0.5) is 0 Å². The van der Waals surface area contributed by atoms with Gasteiger partial charge in [-0.25, -0.2) is 0 Å². The van der Waals surface area contributed by atoms with Crippen LogP contribution in [0.2, 0.25) is 0 Å². The lowest BCUT2D eigenvalue weighted by Gasteiger charge is -2.64. The summed E-state index contributed by atoms with van der Waals surface area (Å²) in [5, 5.41) is 23.3. The number of carbonyl (C=O) groups excluding carboxylic acids is 1. The van der Waals surface area contributed by atoms with E-state index in [9.17, 15) is 15.0 Å². The highest BCUT2D eigenvalue weighted by Gasteiger charge is 2.83. The standard InChI is InChI=1S/C46H73NO9/c1-28(22-34(53-11)40(42(5,6)50)55-29(2)48)32-24-37(49)44(8)36-15-14-35-41(3,4)38(16-17-45(35)27-46(36,45)19-18-43(32,44)7)56-39-26-47(20-21-54-39)25-30-12-13-31(51-9)23-33(30)52-10/h12-13,23,28,32,34-40,49-50H,14-22,24-27H2,1-11H3/t28-,32?,34?,35+,36+,37+,38+,39?,40+,43-,44-,45-,46?/m1/s1. The molecule has 4 unspecified atom stereocenters. The number of rotatable bonds is 13. The molecule has 1 aromatic rings. The van der Waals surface area contributed by atoms with Crippen LogP contribution < -0.4 is 9.47 Å². The van der Waals surface area contributed by atoms with Gasteiger partial charge in [0.2, 0.25) is 0 Å². The molecule has 0 amide bonds. The van der Waals surface area contributed by atoms with E-state index in [2.05, 4.69) is 45.6 Å². The summed E-state index contributed by atoms with van der Waals surface area (Å²) in [5.41, 5.74) is 0.268. The van der Waals surface area contributed by atoms with Crippen LogP contribution in [-0.4, -0.2) is 98.4 Å². The smallest absolute Gasteiger partial charge is 0.303 e. The summed E-state index contributed by atoms with van der Waals surface area (Å²) in [4.78, 5) is 14.5. The predicted octanol–water partition coefficient (Wildman–Crippen LogP) is 7.40. The molecule has 1 aromatic carbocycles. The highest BCUT2D eigenvalue weighted by atomic mass is 16.7. The molecule has 13 atom stereocenters. The van der Waals surface area contributed by atoms with Gasteiger partial charge >= 0.3 is 5.97 Å². The largest absolute Gasteiger partial charge is 0.497 e. The van der Waals surface area contributed by atoms with Crippen molar-refractivity contribution in [1.29, 1.82) is 0 Å². The molecule has 6 fully saturated rings. The van der Waals surface area contributed by atoms with E-state index in [4.69, 9.17) is 28.4 Å². The highest BCUT2D eigenvalue weighted by Crippen LogP contribution is 2.89. The molecule has 0 aromatic heterocycles. The fourth-order valence-corrected chi connectivity index (χ4v) is 14.5. The zero-order chi connectivity index (χ0) is 40.6. The number of aliphatic hydroxyl groups excluding tert-OH is 1. The number of hydrogen-bond acceptors (Lipinski definition) is 10. The summed E-state index contributed by atoms with van der Waals surface area (Å²) in [5.74, 6) is 2.78. The number of morpholine rings is 1. The Bertz CT molecular complexity index is 1590. The van der Waals surface area contributed by atoms with Crippen molar-refractivity contribution in [2.24, 2.45) is 50.7 Å². The average molecular weight is 784 g/mol. The van der Waals surface area contributed by atoms with Crippen LogP contribution in [0.3, 0.4) is 0 Å². The van der Waals surface area contributed by atoms with Gasteiger partial charge in [-0.1, -0.05) is 40.7 Å². The van der Waals surface area contributed by atoms with Crippen molar-refractivity contribution in [2.45, 2.75) is 156 Å². The third-order valence-electron chi connectivity index (χ3n) is 17.4. The van der Waals surface area contributed by atoms with Gasteiger partial charge in [0.1, 0.15) is 11.5 Å². The SMILES string of the molecule is COc1ccc(CN2CCOC(O[C@H]3CC[C@]45CC46CC[C@]4(C)C([C@H](C)CC(OC)[C@H](OC(C)=O)C(C)(C)O)C[C@H](O)[C@@]4(C)[C@@H]6CC[C@H]5C3(C)C)C2)c(OC)c1. The lowest BCUT2D eigenvalue weighted by atomic mass is 9.41. The first-order valence-electron chi connectivity index (χ1n) is 21.6. The molecule has 1 heterocycles. The monoisotopic (exact) mass is 784 g/mol.